The monoisotopic (exact) mass is 432 g/mol. The molecule has 5 heterocycles. The first kappa shape index (κ1) is 19.6. The lowest BCUT2D eigenvalue weighted by molar-refractivity contribution is 0.286. The van der Waals surface area contributed by atoms with Gasteiger partial charge in [-0.25, -0.2) is 0 Å². The molecular formula is C24H24N4O2S. The number of nitrogens with one attached hydrogen (secondary N) is 1. The molecular weight excluding hydrogens is 408 g/mol. The lowest BCUT2D eigenvalue weighted by atomic mass is 9.96. The highest BCUT2D eigenvalue weighted by molar-refractivity contribution is 7.80. The quantitative estimate of drug-likeness (QED) is 0.437. The zero-order chi connectivity index (χ0) is 21.4. The Morgan fingerprint density at radius 2 is 1.74 bits per heavy atom. The van der Waals surface area contributed by atoms with Crippen molar-refractivity contribution in [1.29, 1.82) is 0 Å². The maximum absolute atomic E-state index is 5.77. The lowest BCUT2D eigenvalue weighted by Gasteiger charge is -2.27. The van der Waals surface area contributed by atoms with Gasteiger partial charge in [-0.15, -0.1) is 0 Å². The maximum atomic E-state index is 5.77. The van der Waals surface area contributed by atoms with Gasteiger partial charge in [0.05, 0.1) is 43.4 Å². The highest BCUT2D eigenvalue weighted by atomic mass is 32.1. The van der Waals surface area contributed by atoms with Gasteiger partial charge in [-0.2, -0.15) is 0 Å². The lowest BCUT2D eigenvalue weighted by Crippen LogP contribution is -2.29. The Hall–Kier alpha value is -3.32. The van der Waals surface area contributed by atoms with E-state index < -0.39 is 0 Å². The molecule has 0 aliphatic carbocycles. The second-order valence-electron chi connectivity index (χ2n) is 7.83. The number of thiocarbonyl (C=S) groups is 1. The van der Waals surface area contributed by atoms with E-state index in [0.717, 1.165) is 17.2 Å². The van der Waals surface area contributed by atoms with Crippen molar-refractivity contribution >= 4 is 17.3 Å². The number of hydrogen-bond donors (Lipinski definition) is 1. The van der Waals surface area contributed by atoms with Crippen LogP contribution in [0.3, 0.4) is 0 Å². The summed E-state index contributed by atoms with van der Waals surface area (Å²) in [6, 6.07) is 16.0. The van der Waals surface area contributed by atoms with Gasteiger partial charge in [-0.3, -0.25) is 4.98 Å². The third-order valence-electron chi connectivity index (χ3n) is 5.93. The van der Waals surface area contributed by atoms with Crippen LogP contribution in [-0.4, -0.2) is 19.6 Å². The molecule has 6 nitrogen and oxygen atoms in total. The summed E-state index contributed by atoms with van der Waals surface area (Å²) in [5.74, 6) is 1.81. The summed E-state index contributed by atoms with van der Waals surface area (Å²) < 4.78 is 13.5. The molecule has 2 unspecified atom stereocenters. The number of pyridine rings is 1. The zero-order valence-electron chi connectivity index (χ0n) is 17.5. The van der Waals surface area contributed by atoms with Crippen LogP contribution < -0.4 is 5.32 Å². The Morgan fingerprint density at radius 3 is 2.39 bits per heavy atom. The Morgan fingerprint density at radius 1 is 1.00 bits per heavy atom. The summed E-state index contributed by atoms with van der Waals surface area (Å²) in [6.07, 6.45) is 5.24. The third-order valence-corrected chi connectivity index (χ3v) is 6.28. The van der Waals surface area contributed by atoms with Crippen molar-refractivity contribution in [2.75, 3.05) is 0 Å². The van der Waals surface area contributed by atoms with E-state index in [-0.39, 0.29) is 12.1 Å². The van der Waals surface area contributed by atoms with Crippen LogP contribution >= 0.6 is 12.2 Å². The van der Waals surface area contributed by atoms with Crippen molar-refractivity contribution in [3.05, 3.63) is 101 Å². The smallest absolute Gasteiger partial charge is 0.170 e. The molecule has 1 fully saturated rings. The van der Waals surface area contributed by atoms with E-state index in [1.54, 1.807) is 12.5 Å². The first-order valence-corrected chi connectivity index (χ1v) is 10.7. The molecule has 2 atom stereocenters. The van der Waals surface area contributed by atoms with Crippen molar-refractivity contribution < 1.29 is 8.83 Å². The molecule has 1 saturated heterocycles. The van der Waals surface area contributed by atoms with Crippen LogP contribution in [0.2, 0.25) is 0 Å². The number of aromatic nitrogens is 2. The number of rotatable bonds is 6. The van der Waals surface area contributed by atoms with Gasteiger partial charge >= 0.3 is 0 Å². The van der Waals surface area contributed by atoms with E-state index in [1.165, 1.54) is 17.0 Å². The molecule has 31 heavy (non-hydrogen) atoms. The summed E-state index contributed by atoms with van der Waals surface area (Å²) in [5.41, 5.74) is 4.56. The maximum Gasteiger partial charge on any atom is 0.170 e. The Balaban J connectivity index is 1.57. The third kappa shape index (κ3) is 3.65. The zero-order valence-corrected chi connectivity index (χ0v) is 18.3. The molecule has 4 aromatic heterocycles. The van der Waals surface area contributed by atoms with Crippen molar-refractivity contribution in [1.82, 2.24) is 19.8 Å². The van der Waals surface area contributed by atoms with Crippen LogP contribution in [0.25, 0.3) is 0 Å². The Kier molecular flexibility index (Phi) is 5.11. The minimum absolute atomic E-state index is 0.0101. The van der Waals surface area contributed by atoms with Crippen LogP contribution in [0.5, 0.6) is 0 Å². The van der Waals surface area contributed by atoms with E-state index in [4.69, 9.17) is 21.1 Å². The molecule has 158 valence electrons. The number of hydrogen-bond acceptors (Lipinski definition) is 4. The van der Waals surface area contributed by atoms with Gasteiger partial charge in [0, 0.05) is 17.6 Å². The highest BCUT2D eigenvalue weighted by Crippen LogP contribution is 2.41. The minimum Gasteiger partial charge on any atom is -0.467 e. The molecule has 4 aromatic rings. The molecule has 5 rings (SSSR count). The molecule has 7 heteroatoms. The van der Waals surface area contributed by atoms with Crippen LogP contribution in [0.4, 0.5) is 0 Å². The molecule has 1 aliphatic heterocycles. The van der Waals surface area contributed by atoms with Gasteiger partial charge in [-0.1, -0.05) is 6.07 Å². The normalized spacial score (nSPS) is 18.5. The van der Waals surface area contributed by atoms with Crippen molar-refractivity contribution in [2.24, 2.45) is 0 Å². The fourth-order valence-electron chi connectivity index (χ4n) is 4.41. The van der Waals surface area contributed by atoms with Crippen LogP contribution in [0.15, 0.2) is 76.1 Å². The SMILES string of the molecule is Cc1cc(C2C(c3ccccn3)NC(=S)N2Cc2ccco2)c(C)n1Cc1ccco1. The number of nitrogens with zero attached hydrogens (tertiary/aromatic N) is 3. The van der Waals surface area contributed by atoms with Gasteiger partial charge in [0.25, 0.3) is 0 Å². The largest absolute Gasteiger partial charge is 0.467 e. The highest BCUT2D eigenvalue weighted by Gasteiger charge is 2.41. The van der Waals surface area contributed by atoms with Gasteiger partial charge in [0.2, 0.25) is 0 Å². The molecule has 0 spiro atoms. The standard InChI is InChI=1S/C24H24N4O2S/c1-16-13-20(17(2)27(16)14-18-7-5-11-29-18)23-22(21-9-3-4-10-25-21)26-24(31)28(23)15-19-8-6-12-30-19/h3-13,22-23H,14-15H2,1-2H3,(H,26,31). The van der Waals surface area contributed by atoms with E-state index in [2.05, 4.69) is 39.7 Å². The summed E-state index contributed by atoms with van der Waals surface area (Å²) in [7, 11) is 0. The van der Waals surface area contributed by atoms with Gasteiger partial charge in [0.1, 0.15) is 11.5 Å². The first-order chi connectivity index (χ1) is 15.1. The van der Waals surface area contributed by atoms with E-state index in [1.807, 2.05) is 48.7 Å². The van der Waals surface area contributed by atoms with Crippen molar-refractivity contribution in [3.63, 3.8) is 0 Å². The summed E-state index contributed by atoms with van der Waals surface area (Å²) in [5, 5.41) is 4.21. The first-order valence-electron chi connectivity index (χ1n) is 10.3. The Labute approximate surface area is 186 Å². The molecule has 1 aliphatic rings. The fraction of sp³-hybridized carbons (Fsp3) is 0.250. The fourth-order valence-corrected chi connectivity index (χ4v) is 4.72. The van der Waals surface area contributed by atoms with Crippen LogP contribution in [0, 0.1) is 13.8 Å². The minimum atomic E-state index is -0.0544. The summed E-state index contributed by atoms with van der Waals surface area (Å²) >= 11 is 5.77. The molecule has 0 aromatic carbocycles. The number of furan rings is 2. The van der Waals surface area contributed by atoms with Crippen molar-refractivity contribution in [2.45, 2.75) is 39.0 Å². The van der Waals surface area contributed by atoms with E-state index in [0.29, 0.717) is 18.2 Å². The molecule has 0 amide bonds. The second-order valence-corrected chi connectivity index (χ2v) is 8.21. The second kappa shape index (κ2) is 8.07. The molecule has 0 saturated carbocycles. The van der Waals surface area contributed by atoms with Gasteiger partial charge in [-0.05, 0) is 74.1 Å². The predicted octanol–water partition coefficient (Wildman–Crippen LogP) is 4.91. The topological polar surface area (TPSA) is 59.4 Å². The number of aryl methyl sites for hydroxylation is 1. The summed E-state index contributed by atoms with van der Waals surface area (Å²) in [6.45, 7) is 5.58. The summed E-state index contributed by atoms with van der Waals surface area (Å²) in [4.78, 5) is 6.83. The van der Waals surface area contributed by atoms with Crippen LogP contribution in [-0.2, 0) is 13.1 Å². The Bertz CT molecular complexity index is 1170. The van der Waals surface area contributed by atoms with E-state index >= 15 is 0 Å². The van der Waals surface area contributed by atoms with Gasteiger partial charge in [0.15, 0.2) is 5.11 Å². The van der Waals surface area contributed by atoms with Crippen molar-refractivity contribution in [3.8, 4) is 0 Å². The predicted molar refractivity (Wildman–Crippen MR) is 121 cm³/mol. The van der Waals surface area contributed by atoms with Gasteiger partial charge < -0.3 is 23.6 Å². The molecule has 0 radical (unpaired) electrons. The molecule has 1 N–H and O–H groups in total. The van der Waals surface area contributed by atoms with Crippen LogP contribution in [0.1, 0.15) is 46.2 Å². The average molecular weight is 433 g/mol. The average Bonchev–Trinajstić information content (AvgIpc) is 3.57. The molecule has 0 bridgehead atoms. The van der Waals surface area contributed by atoms with E-state index in [9.17, 15) is 0 Å².